The number of carbonyl (C=O) groups excluding carboxylic acids is 1. The maximum Gasteiger partial charge on any atom is 0.239 e. The van der Waals surface area contributed by atoms with Gasteiger partial charge >= 0.3 is 0 Å². The Morgan fingerprint density at radius 3 is 2.14 bits per heavy atom. The van der Waals surface area contributed by atoms with Crippen LogP contribution >= 0.6 is 12.4 Å². The van der Waals surface area contributed by atoms with E-state index in [9.17, 15) is 4.79 Å². The Labute approximate surface area is 137 Å². The number of anilines is 1. The summed E-state index contributed by atoms with van der Waals surface area (Å²) in [6.45, 7) is 1.04. The van der Waals surface area contributed by atoms with E-state index in [-0.39, 0.29) is 23.7 Å². The van der Waals surface area contributed by atoms with E-state index in [0.29, 0.717) is 6.54 Å². The summed E-state index contributed by atoms with van der Waals surface area (Å²) < 4.78 is 0. The summed E-state index contributed by atoms with van der Waals surface area (Å²) in [4.78, 5) is 11.9. The van der Waals surface area contributed by atoms with Crippen LogP contribution in [0, 0.1) is 0 Å². The lowest BCUT2D eigenvalue weighted by Crippen LogP contribution is -2.35. The third-order valence-electron chi connectivity index (χ3n) is 4.09. The van der Waals surface area contributed by atoms with Crippen molar-refractivity contribution >= 4 is 24.0 Å². The molecule has 0 radical (unpaired) electrons. The van der Waals surface area contributed by atoms with Gasteiger partial charge in [-0.15, -0.1) is 12.4 Å². The molecule has 0 aromatic heterocycles. The van der Waals surface area contributed by atoms with Crippen LogP contribution in [0.4, 0.5) is 5.69 Å². The van der Waals surface area contributed by atoms with Crippen molar-refractivity contribution in [3.63, 3.8) is 0 Å². The number of amides is 1. The Hall–Kier alpha value is -2.00. The molecule has 0 aliphatic heterocycles. The van der Waals surface area contributed by atoms with E-state index in [4.69, 9.17) is 0 Å². The number of benzene rings is 2. The number of nitrogens with one attached hydrogen (secondary N) is 2. The number of carbonyl (C=O) groups is 1. The van der Waals surface area contributed by atoms with Crippen LogP contribution in [-0.2, 0) is 10.2 Å². The number of para-hydroxylation sites is 1. The van der Waals surface area contributed by atoms with Gasteiger partial charge in [0.15, 0.2) is 0 Å². The second-order valence-electron chi connectivity index (χ2n) is 5.64. The Kier molecular flexibility index (Phi) is 5.45. The highest BCUT2D eigenvalue weighted by molar-refractivity contribution is 5.85. The van der Waals surface area contributed by atoms with Crippen molar-refractivity contribution in [2.24, 2.45) is 0 Å². The highest BCUT2D eigenvalue weighted by Gasteiger charge is 2.44. The molecule has 1 aliphatic rings. The molecule has 0 saturated heterocycles. The molecule has 0 atom stereocenters. The predicted octanol–water partition coefficient (Wildman–Crippen LogP) is 3.37. The minimum Gasteiger partial charge on any atom is -0.376 e. The second kappa shape index (κ2) is 7.32. The van der Waals surface area contributed by atoms with Gasteiger partial charge in [0.25, 0.3) is 0 Å². The summed E-state index contributed by atoms with van der Waals surface area (Å²) in [5.74, 6) is 0.0426. The van der Waals surface area contributed by atoms with E-state index >= 15 is 0 Å². The smallest absolute Gasteiger partial charge is 0.239 e. The van der Waals surface area contributed by atoms with Crippen LogP contribution in [0.2, 0.25) is 0 Å². The minimum atomic E-state index is 0. The molecular weight excluding hydrogens is 296 g/mol. The van der Waals surface area contributed by atoms with Crippen LogP contribution < -0.4 is 10.6 Å². The van der Waals surface area contributed by atoms with Gasteiger partial charge in [-0.05, 0) is 30.5 Å². The molecule has 0 bridgehead atoms. The number of halogens is 1. The van der Waals surface area contributed by atoms with Crippen LogP contribution in [0.3, 0.4) is 0 Å². The second-order valence-corrected chi connectivity index (χ2v) is 5.64. The van der Waals surface area contributed by atoms with Gasteiger partial charge in [0.1, 0.15) is 0 Å². The van der Waals surface area contributed by atoms with E-state index < -0.39 is 0 Å². The summed E-state index contributed by atoms with van der Waals surface area (Å²) in [7, 11) is 0. The molecule has 1 aliphatic carbocycles. The molecule has 3 rings (SSSR count). The van der Waals surface area contributed by atoms with Crippen molar-refractivity contribution in [3.05, 3.63) is 66.2 Å². The van der Waals surface area contributed by atoms with Crippen molar-refractivity contribution in [2.45, 2.75) is 18.3 Å². The van der Waals surface area contributed by atoms with Gasteiger partial charge in [0.05, 0.1) is 6.54 Å². The first-order valence-electron chi connectivity index (χ1n) is 7.40. The lowest BCUT2D eigenvalue weighted by atomic mass is 9.96. The SMILES string of the molecule is Cl.O=C(CNc1ccccc1)NCC1(c2ccccc2)CC1. The summed E-state index contributed by atoms with van der Waals surface area (Å²) in [6, 6.07) is 20.2. The Bertz CT molecular complexity index is 597. The zero-order valence-corrected chi connectivity index (χ0v) is 13.2. The van der Waals surface area contributed by atoms with Gasteiger partial charge in [-0.1, -0.05) is 48.5 Å². The summed E-state index contributed by atoms with van der Waals surface area (Å²) >= 11 is 0. The molecule has 1 saturated carbocycles. The molecule has 2 N–H and O–H groups in total. The van der Waals surface area contributed by atoms with Gasteiger partial charge in [0, 0.05) is 17.6 Å². The summed E-state index contributed by atoms with van der Waals surface area (Å²) in [5, 5.41) is 6.18. The first kappa shape index (κ1) is 16.4. The fraction of sp³-hybridized carbons (Fsp3) is 0.278. The Balaban J connectivity index is 0.00000176. The van der Waals surface area contributed by atoms with E-state index in [1.807, 2.05) is 36.4 Å². The molecule has 116 valence electrons. The van der Waals surface area contributed by atoms with Crippen molar-refractivity contribution in [2.75, 3.05) is 18.4 Å². The summed E-state index contributed by atoms with van der Waals surface area (Å²) in [6.07, 6.45) is 2.31. The zero-order chi connectivity index (χ0) is 14.5. The molecule has 22 heavy (non-hydrogen) atoms. The number of rotatable bonds is 6. The maximum atomic E-state index is 11.9. The third-order valence-corrected chi connectivity index (χ3v) is 4.09. The normalized spacial score (nSPS) is 14.5. The Morgan fingerprint density at radius 2 is 1.55 bits per heavy atom. The quantitative estimate of drug-likeness (QED) is 0.858. The minimum absolute atomic E-state index is 0. The fourth-order valence-electron chi connectivity index (χ4n) is 2.58. The van der Waals surface area contributed by atoms with Crippen LogP contribution in [0.25, 0.3) is 0 Å². The van der Waals surface area contributed by atoms with Crippen molar-refractivity contribution in [3.8, 4) is 0 Å². The van der Waals surface area contributed by atoms with Crippen molar-refractivity contribution in [1.29, 1.82) is 0 Å². The van der Waals surface area contributed by atoms with Gasteiger partial charge in [-0.2, -0.15) is 0 Å². The third kappa shape index (κ3) is 4.01. The molecular formula is C18H21ClN2O. The molecule has 0 unspecified atom stereocenters. The summed E-state index contributed by atoms with van der Waals surface area (Å²) in [5.41, 5.74) is 2.47. The molecule has 2 aromatic carbocycles. The van der Waals surface area contributed by atoms with Crippen molar-refractivity contribution < 1.29 is 4.79 Å². The number of hydrogen-bond donors (Lipinski definition) is 2. The monoisotopic (exact) mass is 316 g/mol. The van der Waals surface area contributed by atoms with E-state index in [0.717, 1.165) is 25.1 Å². The molecule has 1 fully saturated rings. The van der Waals surface area contributed by atoms with Crippen LogP contribution in [-0.4, -0.2) is 19.0 Å². The predicted molar refractivity (Wildman–Crippen MR) is 92.5 cm³/mol. The zero-order valence-electron chi connectivity index (χ0n) is 12.4. The molecule has 0 spiro atoms. The van der Waals surface area contributed by atoms with Crippen molar-refractivity contribution in [1.82, 2.24) is 5.32 Å². The highest BCUT2D eigenvalue weighted by atomic mass is 35.5. The van der Waals surface area contributed by atoms with Crippen LogP contribution in [0.15, 0.2) is 60.7 Å². The van der Waals surface area contributed by atoms with Gasteiger partial charge in [0.2, 0.25) is 5.91 Å². The Morgan fingerprint density at radius 1 is 0.955 bits per heavy atom. The highest BCUT2D eigenvalue weighted by Crippen LogP contribution is 2.47. The standard InChI is InChI=1S/C18H20N2O.ClH/c21-17(13-19-16-9-5-2-6-10-16)20-14-18(11-12-18)15-7-3-1-4-8-15;/h1-10,19H,11-14H2,(H,20,21);1H. The van der Waals surface area contributed by atoms with Crippen LogP contribution in [0.5, 0.6) is 0 Å². The lowest BCUT2D eigenvalue weighted by Gasteiger charge is -2.17. The molecule has 3 nitrogen and oxygen atoms in total. The topological polar surface area (TPSA) is 41.1 Å². The molecule has 2 aromatic rings. The largest absolute Gasteiger partial charge is 0.376 e. The fourth-order valence-corrected chi connectivity index (χ4v) is 2.58. The number of hydrogen-bond acceptors (Lipinski definition) is 2. The first-order chi connectivity index (χ1) is 10.3. The van der Waals surface area contributed by atoms with E-state index in [1.54, 1.807) is 0 Å². The van der Waals surface area contributed by atoms with Gasteiger partial charge in [-0.3, -0.25) is 4.79 Å². The van der Waals surface area contributed by atoms with E-state index in [1.165, 1.54) is 5.56 Å². The molecule has 1 amide bonds. The van der Waals surface area contributed by atoms with Gasteiger partial charge < -0.3 is 10.6 Å². The molecule has 0 heterocycles. The average Bonchev–Trinajstić information content (AvgIpc) is 3.34. The first-order valence-corrected chi connectivity index (χ1v) is 7.40. The van der Waals surface area contributed by atoms with Crippen LogP contribution in [0.1, 0.15) is 18.4 Å². The lowest BCUT2D eigenvalue weighted by molar-refractivity contribution is -0.119. The molecule has 4 heteroatoms. The van der Waals surface area contributed by atoms with Gasteiger partial charge in [-0.25, -0.2) is 0 Å². The average molecular weight is 317 g/mol. The van der Waals surface area contributed by atoms with E-state index in [2.05, 4.69) is 34.9 Å². The maximum absolute atomic E-state index is 11.9.